The van der Waals surface area contributed by atoms with Gasteiger partial charge in [0.2, 0.25) is 5.91 Å². The third-order valence-electron chi connectivity index (χ3n) is 5.99. The molecule has 1 aromatic heterocycles. The van der Waals surface area contributed by atoms with E-state index in [0.717, 1.165) is 16.7 Å². The number of likely N-dealkylation sites (tertiary alicyclic amines) is 1. The summed E-state index contributed by atoms with van der Waals surface area (Å²) < 4.78 is 0. The van der Waals surface area contributed by atoms with Crippen molar-refractivity contribution in [1.29, 1.82) is 0 Å². The van der Waals surface area contributed by atoms with Gasteiger partial charge in [0, 0.05) is 25.5 Å². The average molecular weight is 415 g/mol. The van der Waals surface area contributed by atoms with Crippen LogP contribution in [0.25, 0.3) is 11.1 Å². The molecule has 1 fully saturated rings. The molecule has 3 aromatic rings. The van der Waals surface area contributed by atoms with Gasteiger partial charge in [-0.3, -0.25) is 14.6 Å². The molecule has 158 valence electrons. The molecule has 1 saturated heterocycles. The van der Waals surface area contributed by atoms with Crippen LogP contribution in [0.4, 0.5) is 0 Å². The zero-order valence-corrected chi connectivity index (χ0v) is 17.6. The molecule has 1 atom stereocenters. The molecule has 1 aliphatic rings. The highest BCUT2D eigenvalue weighted by molar-refractivity contribution is 5.93. The summed E-state index contributed by atoms with van der Waals surface area (Å²) >= 11 is 0. The van der Waals surface area contributed by atoms with Crippen molar-refractivity contribution in [3.05, 3.63) is 83.9 Å². The fourth-order valence-electron chi connectivity index (χ4n) is 4.39. The molecule has 4 rings (SSSR count). The number of nitrogens with zero attached hydrogens (tertiary/aromatic N) is 3. The molecule has 31 heavy (non-hydrogen) atoms. The summed E-state index contributed by atoms with van der Waals surface area (Å²) in [5, 5.41) is 0. The fraction of sp³-hybridized carbons (Fsp3) is 0.280. The van der Waals surface area contributed by atoms with Crippen molar-refractivity contribution in [3.63, 3.8) is 0 Å². The van der Waals surface area contributed by atoms with Gasteiger partial charge >= 0.3 is 0 Å². The van der Waals surface area contributed by atoms with Crippen molar-refractivity contribution in [2.75, 3.05) is 13.1 Å². The Morgan fingerprint density at radius 3 is 2.58 bits per heavy atom. The van der Waals surface area contributed by atoms with Gasteiger partial charge in [-0.05, 0) is 42.9 Å². The van der Waals surface area contributed by atoms with Gasteiger partial charge in [0.15, 0.2) is 0 Å². The topological polar surface area (TPSA) is 89.2 Å². The van der Waals surface area contributed by atoms with E-state index in [1.165, 1.54) is 24.2 Å². The Balaban J connectivity index is 1.60. The lowest BCUT2D eigenvalue weighted by atomic mass is 9.74. The van der Waals surface area contributed by atoms with E-state index in [2.05, 4.69) is 47.2 Å². The minimum absolute atomic E-state index is 0.216. The van der Waals surface area contributed by atoms with Crippen molar-refractivity contribution in [1.82, 2.24) is 14.9 Å². The molecular formula is C25H26N4O2. The maximum Gasteiger partial charge on any atom is 0.274 e. The largest absolute Gasteiger partial charge is 0.369 e. The Bertz CT molecular complexity index is 1100. The molecule has 0 saturated carbocycles. The Labute approximate surface area is 182 Å². The SMILES string of the molecule is Cc1cccc(-c2cccc(C[C@]3(C(N)=O)CCCN(C(=O)c4cnccn4)C3)c2)c1. The number of benzene rings is 2. The van der Waals surface area contributed by atoms with Gasteiger partial charge in [0.05, 0.1) is 11.6 Å². The zero-order chi connectivity index (χ0) is 21.8. The number of hydrogen-bond donors (Lipinski definition) is 1. The van der Waals surface area contributed by atoms with Gasteiger partial charge in [0.1, 0.15) is 5.69 Å². The minimum Gasteiger partial charge on any atom is -0.369 e. The summed E-state index contributed by atoms with van der Waals surface area (Å²) in [6.45, 7) is 2.93. The van der Waals surface area contributed by atoms with E-state index in [1.807, 2.05) is 18.2 Å². The smallest absolute Gasteiger partial charge is 0.274 e. The van der Waals surface area contributed by atoms with E-state index in [1.54, 1.807) is 4.90 Å². The Morgan fingerprint density at radius 1 is 1.10 bits per heavy atom. The van der Waals surface area contributed by atoms with Crippen LogP contribution in [0, 0.1) is 12.3 Å². The molecule has 0 radical (unpaired) electrons. The van der Waals surface area contributed by atoms with Crippen LogP contribution in [0.5, 0.6) is 0 Å². The lowest BCUT2D eigenvalue weighted by Crippen LogP contribution is -2.53. The number of aryl methyl sites for hydroxylation is 1. The molecule has 2 heterocycles. The van der Waals surface area contributed by atoms with Crippen LogP contribution in [0.3, 0.4) is 0 Å². The fourth-order valence-corrected chi connectivity index (χ4v) is 4.39. The van der Waals surface area contributed by atoms with Gasteiger partial charge in [-0.15, -0.1) is 0 Å². The van der Waals surface area contributed by atoms with E-state index in [4.69, 9.17) is 5.73 Å². The lowest BCUT2D eigenvalue weighted by molar-refractivity contribution is -0.130. The van der Waals surface area contributed by atoms with Crippen molar-refractivity contribution in [2.24, 2.45) is 11.1 Å². The maximum atomic E-state index is 12.9. The molecule has 0 aliphatic carbocycles. The second kappa shape index (κ2) is 8.68. The first-order valence-corrected chi connectivity index (χ1v) is 10.5. The quantitative estimate of drug-likeness (QED) is 0.693. The van der Waals surface area contributed by atoms with E-state index in [0.29, 0.717) is 25.8 Å². The number of nitrogens with two attached hydrogens (primary N) is 1. The first kappa shape index (κ1) is 20.7. The summed E-state index contributed by atoms with van der Waals surface area (Å²) in [4.78, 5) is 35.3. The third kappa shape index (κ3) is 4.48. The average Bonchev–Trinajstić information content (AvgIpc) is 2.79. The maximum absolute atomic E-state index is 12.9. The van der Waals surface area contributed by atoms with Crippen LogP contribution in [0.2, 0.25) is 0 Å². The van der Waals surface area contributed by atoms with Gasteiger partial charge in [-0.25, -0.2) is 4.98 Å². The first-order chi connectivity index (χ1) is 15.0. The van der Waals surface area contributed by atoms with Gasteiger partial charge in [-0.1, -0.05) is 54.1 Å². The van der Waals surface area contributed by atoms with Gasteiger partial charge < -0.3 is 10.6 Å². The van der Waals surface area contributed by atoms with Crippen LogP contribution >= 0.6 is 0 Å². The molecule has 6 nitrogen and oxygen atoms in total. The summed E-state index contributed by atoms with van der Waals surface area (Å²) in [5.41, 5.74) is 9.86. The van der Waals surface area contributed by atoms with Gasteiger partial charge in [0.25, 0.3) is 5.91 Å². The number of hydrogen-bond acceptors (Lipinski definition) is 4. The Kier molecular flexibility index (Phi) is 5.80. The predicted octanol–water partition coefficient (Wildman–Crippen LogP) is 3.40. The molecule has 0 unspecified atom stereocenters. The highest BCUT2D eigenvalue weighted by atomic mass is 16.2. The van der Waals surface area contributed by atoms with Crippen molar-refractivity contribution >= 4 is 11.8 Å². The molecule has 2 aromatic carbocycles. The number of primary amides is 1. The van der Waals surface area contributed by atoms with Crippen molar-refractivity contribution in [3.8, 4) is 11.1 Å². The summed E-state index contributed by atoms with van der Waals surface area (Å²) in [7, 11) is 0. The monoisotopic (exact) mass is 414 g/mol. The number of aromatic nitrogens is 2. The Morgan fingerprint density at radius 2 is 1.87 bits per heavy atom. The van der Waals surface area contributed by atoms with Crippen molar-refractivity contribution in [2.45, 2.75) is 26.2 Å². The predicted molar refractivity (Wildman–Crippen MR) is 119 cm³/mol. The highest BCUT2D eigenvalue weighted by Crippen LogP contribution is 2.35. The normalized spacial score (nSPS) is 18.5. The number of amides is 2. The van der Waals surface area contributed by atoms with Crippen LogP contribution < -0.4 is 5.73 Å². The molecule has 1 aliphatic heterocycles. The molecule has 6 heteroatoms. The van der Waals surface area contributed by atoms with E-state index >= 15 is 0 Å². The highest BCUT2D eigenvalue weighted by Gasteiger charge is 2.42. The van der Waals surface area contributed by atoms with Crippen LogP contribution in [-0.2, 0) is 11.2 Å². The van der Waals surface area contributed by atoms with E-state index in [9.17, 15) is 9.59 Å². The van der Waals surface area contributed by atoms with Crippen molar-refractivity contribution < 1.29 is 9.59 Å². The number of piperidine rings is 1. The van der Waals surface area contributed by atoms with E-state index in [-0.39, 0.29) is 24.1 Å². The number of carbonyl (C=O) groups is 2. The molecule has 0 bridgehead atoms. The lowest BCUT2D eigenvalue weighted by Gasteiger charge is -2.40. The zero-order valence-electron chi connectivity index (χ0n) is 17.6. The molecular weight excluding hydrogens is 388 g/mol. The number of rotatable bonds is 5. The summed E-state index contributed by atoms with van der Waals surface area (Å²) in [5.74, 6) is -0.586. The standard InChI is InChI=1S/C25H26N4O2/c1-18-5-2-7-20(13-18)21-8-3-6-19(14-21)15-25(24(26)31)9-4-12-29(17-25)23(30)22-16-27-10-11-28-22/h2-3,5-8,10-11,13-14,16H,4,9,12,15,17H2,1H3,(H2,26,31)/t25-/m1/s1. The third-order valence-corrected chi connectivity index (χ3v) is 5.99. The van der Waals surface area contributed by atoms with Crippen LogP contribution in [0.1, 0.15) is 34.5 Å². The van der Waals surface area contributed by atoms with Crippen LogP contribution in [0.15, 0.2) is 67.1 Å². The molecule has 2 amide bonds. The van der Waals surface area contributed by atoms with Gasteiger partial charge in [-0.2, -0.15) is 0 Å². The summed E-state index contributed by atoms with van der Waals surface area (Å²) in [6.07, 6.45) is 6.34. The first-order valence-electron chi connectivity index (χ1n) is 10.5. The molecule has 0 spiro atoms. The second-order valence-electron chi connectivity index (χ2n) is 8.31. The molecule has 2 N–H and O–H groups in total. The minimum atomic E-state index is -0.804. The summed E-state index contributed by atoms with van der Waals surface area (Å²) in [6, 6.07) is 16.5. The Hall–Kier alpha value is -3.54. The second-order valence-corrected chi connectivity index (χ2v) is 8.31. The van der Waals surface area contributed by atoms with E-state index < -0.39 is 5.41 Å². The number of carbonyl (C=O) groups excluding carboxylic acids is 2. The van der Waals surface area contributed by atoms with Crippen LogP contribution in [-0.4, -0.2) is 39.8 Å².